The van der Waals surface area contributed by atoms with Crippen molar-refractivity contribution in [3.8, 4) is 0 Å². The van der Waals surface area contributed by atoms with Crippen molar-refractivity contribution in [1.29, 1.82) is 0 Å². The van der Waals surface area contributed by atoms with Crippen molar-refractivity contribution < 1.29 is 54.3 Å². The maximum absolute atomic E-state index is 13.0. The molecule has 36 heavy (non-hydrogen) atoms. The van der Waals surface area contributed by atoms with E-state index in [2.05, 4.69) is 10.8 Å². The molecule has 1 unspecified atom stereocenters. The summed E-state index contributed by atoms with van der Waals surface area (Å²) in [6.07, 6.45) is -5.75. The largest absolute Gasteiger partial charge is 0.523 e. The number of hydrogen-bond acceptors (Lipinski definition) is 9. The fraction of sp³-hybridized carbons (Fsp3) is 0.304. The lowest BCUT2D eigenvalue weighted by Crippen LogP contribution is -2.58. The second-order valence-corrected chi connectivity index (χ2v) is 8.89. The lowest BCUT2D eigenvalue weighted by atomic mass is 10.0. The van der Waals surface area contributed by atoms with Gasteiger partial charge in [0.15, 0.2) is 18.5 Å². The molecule has 1 aliphatic rings. The Kier molecular flexibility index (Phi) is 8.84. The number of rotatable bonds is 9. The molecule has 0 aliphatic carbocycles. The highest BCUT2D eigenvalue weighted by atomic mass is 32.2. The van der Waals surface area contributed by atoms with Crippen LogP contribution in [0.5, 0.6) is 0 Å². The highest BCUT2D eigenvalue weighted by Gasteiger charge is 2.54. The molecule has 2 aromatic rings. The van der Waals surface area contributed by atoms with Crippen LogP contribution in [0.1, 0.15) is 20.7 Å². The minimum Gasteiger partial charge on any atom is -0.452 e. The minimum absolute atomic E-state index is 0.00174. The van der Waals surface area contributed by atoms with Crippen LogP contribution in [-0.4, -0.2) is 63.7 Å². The molecule has 4 atom stereocenters. The third-order valence-electron chi connectivity index (χ3n) is 4.80. The van der Waals surface area contributed by atoms with Crippen molar-refractivity contribution in [3.63, 3.8) is 0 Å². The fourth-order valence-electron chi connectivity index (χ4n) is 3.15. The standard InChI is InChI=1S/C23H21F3O9S/c1-2-13-31-22-19(34-21(28)16-11-7-4-8-12-16)18(33-20(27)15-9-5-3-6-10-15)17(14-32-22)35-36(29,30)23(24,25)26/h2-12,17-19,22H,1,13-14H2/t17-,18-,19+,22?/m1/s1. The SMILES string of the molecule is C=CCOC1OC[C@@H](OS(=O)(=O)C(F)(F)F)[C@@H](OC(=O)c2ccccc2)[C@@H]1OC(=O)c1ccccc1. The Labute approximate surface area is 204 Å². The molecule has 9 nitrogen and oxygen atoms in total. The monoisotopic (exact) mass is 530 g/mol. The zero-order valence-electron chi connectivity index (χ0n) is 18.5. The summed E-state index contributed by atoms with van der Waals surface area (Å²) in [7, 11) is -6.14. The van der Waals surface area contributed by atoms with E-state index >= 15 is 0 Å². The van der Waals surface area contributed by atoms with Gasteiger partial charge in [-0.3, -0.25) is 4.18 Å². The molecular weight excluding hydrogens is 509 g/mol. The van der Waals surface area contributed by atoms with Crippen LogP contribution < -0.4 is 0 Å². The number of benzene rings is 2. The molecule has 1 saturated heterocycles. The van der Waals surface area contributed by atoms with Crippen molar-refractivity contribution in [1.82, 2.24) is 0 Å². The van der Waals surface area contributed by atoms with Crippen LogP contribution >= 0.6 is 0 Å². The van der Waals surface area contributed by atoms with E-state index in [0.717, 1.165) is 0 Å². The summed E-state index contributed by atoms with van der Waals surface area (Å²) in [5.41, 5.74) is -5.72. The quantitative estimate of drug-likeness (QED) is 0.209. The minimum atomic E-state index is -6.14. The molecule has 0 spiro atoms. The number of halogens is 3. The topological polar surface area (TPSA) is 114 Å². The summed E-state index contributed by atoms with van der Waals surface area (Å²) in [5, 5.41) is 0. The lowest BCUT2D eigenvalue weighted by Gasteiger charge is -2.40. The van der Waals surface area contributed by atoms with Gasteiger partial charge >= 0.3 is 27.6 Å². The van der Waals surface area contributed by atoms with Gasteiger partial charge in [-0.15, -0.1) is 6.58 Å². The molecule has 1 heterocycles. The third kappa shape index (κ3) is 6.69. The van der Waals surface area contributed by atoms with Crippen LogP contribution in [0, 0.1) is 0 Å². The number of hydrogen-bond donors (Lipinski definition) is 0. The predicted molar refractivity (Wildman–Crippen MR) is 117 cm³/mol. The fourth-order valence-corrected chi connectivity index (χ4v) is 3.75. The van der Waals surface area contributed by atoms with Gasteiger partial charge in [-0.2, -0.15) is 21.6 Å². The van der Waals surface area contributed by atoms with E-state index in [0.29, 0.717) is 0 Å². The zero-order chi connectivity index (χ0) is 26.3. The third-order valence-corrected chi connectivity index (χ3v) is 5.87. The molecule has 0 bridgehead atoms. The average molecular weight is 530 g/mol. The lowest BCUT2D eigenvalue weighted by molar-refractivity contribution is -0.262. The Bertz CT molecular complexity index is 1150. The van der Waals surface area contributed by atoms with E-state index < -0.39 is 58.8 Å². The molecule has 13 heteroatoms. The van der Waals surface area contributed by atoms with E-state index in [1.54, 1.807) is 12.1 Å². The molecule has 2 aromatic carbocycles. The van der Waals surface area contributed by atoms with E-state index in [1.807, 2.05) is 0 Å². The summed E-state index contributed by atoms with van der Waals surface area (Å²) < 4.78 is 88.4. The highest BCUT2D eigenvalue weighted by molar-refractivity contribution is 7.87. The Balaban J connectivity index is 1.98. The molecule has 0 aromatic heterocycles. The zero-order valence-corrected chi connectivity index (χ0v) is 19.3. The first-order valence-electron chi connectivity index (χ1n) is 10.4. The van der Waals surface area contributed by atoms with Gasteiger partial charge in [-0.05, 0) is 24.3 Å². The molecule has 0 radical (unpaired) electrons. The van der Waals surface area contributed by atoms with Crippen molar-refractivity contribution in [3.05, 3.63) is 84.4 Å². The normalized spacial score (nSPS) is 22.4. The van der Waals surface area contributed by atoms with Gasteiger partial charge in [-0.25, -0.2) is 9.59 Å². The van der Waals surface area contributed by atoms with Gasteiger partial charge in [0.1, 0.15) is 6.10 Å². The van der Waals surface area contributed by atoms with Gasteiger partial charge in [-0.1, -0.05) is 42.5 Å². The van der Waals surface area contributed by atoms with Crippen molar-refractivity contribution in [2.24, 2.45) is 0 Å². The van der Waals surface area contributed by atoms with Crippen LogP contribution in [0.15, 0.2) is 73.3 Å². The molecule has 1 fully saturated rings. The Morgan fingerprint density at radius 3 is 1.92 bits per heavy atom. The second-order valence-electron chi connectivity index (χ2n) is 7.33. The number of carbonyl (C=O) groups excluding carboxylic acids is 2. The van der Waals surface area contributed by atoms with Crippen molar-refractivity contribution >= 4 is 22.1 Å². The molecule has 0 N–H and O–H groups in total. The predicted octanol–water partition coefficient (Wildman–Crippen LogP) is 3.23. The molecule has 194 valence electrons. The van der Waals surface area contributed by atoms with Crippen molar-refractivity contribution in [2.75, 3.05) is 13.2 Å². The van der Waals surface area contributed by atoms with Crippen LogP contribution in [0.4, 0.5) is 13.2 Å². The smallest absolute Gasteiger partial charge is 0.452 e. The van der Waals surface area contributed by atoms with E-state index in [4.69, 9.17) is 18.9 Å². The molecule has 1 aliphatic heterocycles. The van der Waals surface area contributed by atoms with Crippen LogP contribution in [0.25, 0.3) is 0 Å². The highest BCUT2D eigenvalue weighted by Crippen LogP contribution is 2.32. The average Bonchev–Trinajstić information content (AvgIpc) is 2.85. The number of ether oxygens (including phenoxy) is 4. The number of carbonyl (C=O) groups is 2. The Morgan fingerprint density at radius 1 is 0.944 bits per heavy atom. The molecule has 0 saturated carbocycles. The number of alkyl halides is 3. The maximum atomic E-state index is 13.0. The molecule has 3 rings (SSSR count). The van der Waals surface area contributed by atoms with Crippen LogP contribution in [0.2, 0.25) is 0 Å². The Morgan fingerprint density at radius 2 is 1.44 bits per heavy atom. The Hall–Kier alpha value is -3.26. The maximum Gasteiger partial charge on any atom is 0.523 e. The van der Waals surface area contributed by atoms with Crippen LogP contribution in [0.3, 0.4) is 0 Å². The first-order chi connectivity index (χ1) is 17.0. The first-order valence-corrected chi connectivity index (χ1v) is 11.8. The summed E-state index contributed by atoms with van der Waals surface area (Å²) in [6.45, 7) is 2.53. The van der Waals surface area contributed by atoms with Gasteiger partial charge in [0.05, 0.1) is 24.3 Å². The second kappa shape index (κ2) is 11.6. The summed E-state index contributed by atoms with van der Waals surface area (Å²) >= 11 is 0. The molecular formula is C23H21F3O9S. The van der Waals surface area contributed by atoms with E-state index in [-0.39, 0.29) is 17.7 Å². The van der Waals surface area contributed by atoms with Gasteiger partial charge in [0.25, 0.3) is 0 Å². The molecule has 0 amide bonds. The first kappa shape index (κ1) is 27.3. The van der Waals surface area contributed by atoms with E-state index in [9.17, 15) is 31.2 Å². The van der Waals surface area contributed by atoms with Gasteiger partial charge in [0.2, 0.25) is 0 Å². The van der Waals surface area contributed by atoms with Crippen LogP contribution in [-0.2, 0) is 33.2 Å². The summed E-state index contributed by atoms with van der Waals surface area (Å²) in [5.74, 6) is -2.00. The summed E-state index contributed by atoms with van der Waals surface area (Å²) in [6, 6.07) is 14.8. The number of esters is 2. The van der Waals surface area contributed by atoms with Gasteiger partial charge < -0.3 is 18.9 Å². The van der Waals surface area contributed by atoms with Crippen molar-refractivity contribution in [2.45, 2.75) is 30.1 Å². The van der Waals surface area contributed by atoms with E-state index in [1.165, 1.54) is 54.6 Å². The summed E-state index contributed by atoms with van der Waals surface area (Å²) in [4.78, 5) is 25.5. The van der Waals surface area contributed by atoms with Gasteiger partial charge in [0, 0.05) is 0 Å².